The van der Waals surface area contributed by atoms with Gasteiger partial charge >= 0.3 is 6.09 Å². The van der Waals surface area contributed by atoms with Crippen molar-refractivity contribution in [3.8, 4) is 0 Å². The lowest BCUT2D eigenvalue weighted by atomic mass is 9.95. The average Bonchev–Trinajstić information content (AvgIpc) is 2.56. The molecule has 2 aliphatic heterocycles. The molecular formula is C12H20IN3O3. The molecule has 1 atom stereocenters. The normalized spacial score (nSPS) is 28.1. The Kier molecular flexibility index (Phi) is 3.97. The molecule has 0 bridgehead atoms. The predicted molar refractivity (Wildman–Crippen MR) is 78.9 cm³/mol. The van der Waals surface area contributed by atoms with Crippen LogP contribution in [0.4, 0.5) is 4.79 Å². The number of carbonyl (C=O) groups is 2. The highest BCUT2D eigenvalue weighted by atomic mass is 127. The molecule has 0 radical (unpaired) electrons. The number of carbonyl (C=O) groups excluding carboxylic acids is 2. The Bertz CT molecular complexity index is 392. The summed E-state index contributed by atoms with van der Waals surface area (Å²) in [4.78, 5) is 25.9. The highest BCUT2D eigenvalue weighted by Gasteiger charge is 2.49. The predicted octanol–water partition coefficient (Wildman–Crippen LogP) is 1.15. The average molecular weight is 381 g/mol. The summed E-state index contributed by atoms with van der Waals surface area (Å²) in [6.07, 6.45) is 0.390. The van der Waals surface area contributed by atoms with Crippen molar-refractivity contribution in [1.29, 1.82) is 0 Å². The first kappa shape index (κ1) is 14.8. The van der Waals surface area contributed by atoms with E-state index in [0.717, 1.165) is 6.42 Å². The fourth-order valence-corrected chi connectivity index (χ4v) is 3.12. The standard InChI is InChI=1S/C12H20IN3O3/c1-11(2,3)19-10(18)15-7-5-14-12(8-15)4-6-16(13)9(12)17/h14H,4-8H2,1-3H3. The number of halogens is 1. The molecule has 1 N–H and O–H groups in total. The Labute approximate surface area is 127 Å². The first-order valence-electron chi connectivity index (χ1n) is 6.44. The van der Waals surface area contributed by atoms with E-state index in [-0.39, 0.29) is 12.0 Å². The Morgan fingerprint density at radius 3 is 2.63 bits per heavy atom. The molecule has 0 aliphatic carbocycles. The summed E-state index contributed by atoms with van der Waals surface area (Å²) in [5.41, 5.74) is -1.12. The van der Waals surface area contributed by atoms with Crippen molar-refractivity contribution in [1.82, 2.24) is 13.3 Å². The first-order valence-corrected chi connectivity index (χ1v) is 7.41. The van der Waals surface area contributed by atoms with Gasteiger partial charge in [0.05, 0.1) is 29.4 Å². The molecule has 1 spiro atoms. The van der Waals surface area contributed by atoms with Gasteiger partial charge in [0.25, 0.3) is 5.91 Å². The van der Waals surface area contributed by atoms with Gasteiger partial charge in [-0.15, -0.1) is 0 Å². The minimum absolute atomic E-state index is 0.0568. The van der Waals surface area contributed by atoms with Gasteiger partial charge in [0.2, 0.25) is 0 Å². The van der Waals surface area contributed by atoms with E-state index < -0.39 is 11.1 Å². The van der Waals surface area contributed by atoms with Gasteiger partial charge in [0.1, 0.15) is 11.1 Å². The zero-order chi connectivity index (χ0) is 14.3. The maximum Gasteiger partial charge on any atom is 0.410 e. The molecule has 2 saturated heterocycles. The molecule has 2 amide bonds. The lowest BCUT2D eigenvalue weighted by Gasteiger charge is -2.39. The molecule has 0 saturated carbocycles. The summed E-state index contributed by atoms with van der Waals surface area (Å²) in [5, 5.41) is 3.28. The van der Waals surface area contributed by atoms with Crippen molar-refractivity contribution in [2.45, 2.75) is 38.3 Å². The van der Waals surface area contributed by atoms with Crippen molar-refractivity contribution in [2.24, 2.45) is 0 Å². The molecule has 7 heteroatoms. The Morgan fingerprint density at radius 2 is 2.11 bits per heavy atom. The van der Waals surface area contributed by atoms with E-state index in [1.54, 1.807) is 8.01 Å². The van der Waals surface area contributed by atoms with Crippen LogP contribution in [0.1, 0.15) is 27.2 Å². The van der Waals surface area contributed by atoms with Crippen LogP contribution in [-0.2, 0) is 9.53 Å². The molecule has 1 unspecified atom stereocenters. The van der Waals surface area contributed by atoms with E-state index >= 15 is 0 Å². The number of piperazine rings is 1. The molecule has 2 heterocycles. The van der Waals surface area contributed by atoms with Crippen molar-refractivity contribution < 1.29 is 14.3 Å². The van der Waals surface area contributed by atoms with E-state index in [2.05, 4.69) is 5.32 Å². The smallest absolute Gasteiger partial charge is 0.410 e. The van der Waals surface area contributed by atoms with Crippen LogP contribution < -0.4 is 5.32 Å². The van der Waals surface area contributed by atoms with Gasteiger partial charge in [-0.3, -0.25) is 13.2 Å². The minimum atomic E-state index is -0.615. The Balaban J connectivity index is 2.06. The van der Waals surface area contributed by atoms with Crippen LogP contribution in [0.15, 0.2) is 0 Å². The third-order valence-electron chi connectivity index (χ3n) is 3.32. The van der Waals surface area contributed by atoms with Crippen molar-refractivity contribution in [3.63, 3.8) is 0 Å². The number of rotatable bonds is 0. The van der Waals surface area contributed by atoms with Gasteiger partial charge in [-0.05, 0) is 27.2 Å². The molecule has 0 aromatic rings. The second kappa shape index (κ2) is 5.08. The van der Waals surface area contributed by atoms with E-state index in [0.29, 0.717) is 26.2 Å². The Morgan fingerprint density at radius 1 is 1.42 bits per heavy atom. The van der Waals surface area contributed by atoms with Crippen LogP contribution in [0, 0.1) is 0 Å². The number of ether oxygens (including phenoxy) is 1. The van der Waals surface area contributed by atoms with Crippen LogP contribution in [0.25, 0.3) is 0 Å². The molecule has 19 heavy (non-hydrogen) atoms. The SMILES string of the molecule is CC(C)(C)OC(=O)N1CCNC2(CCN(I)C2=O)C1. The third-order valence-corrected chi connectivity index (χ3v) is 4.24. The molecule has 108 valence electrons. The number of nitrogens with one attached hydrogen (secondary N) is 1. The lowest BCUT2D eigenvalue weighted by Crippen LogP contribution is -2.64. The van der Waals surface area contributed by atoms with Crippen molar-refractivity contribution in [2.75, 3.05) is 26.2 Å². The number of amides is 2. The first-order chi connectivity index (χ1) is 8.73. The fraction of sp³-hybridized carbons (Fsp3) is 0.833. The maximum absolute atomic E-state index is 12.2. The van der Waals surface area contributed by atoms with Crippen LogP contribution in [0.5, 0.6) is 0 Å². The van der Waals surface area contributed by atoms with Gasteiger partial charge in [0.15, 0.2) is 0 Å². The minimum Gasteiger partial charge on any atom is -0.444 e. The maximum atomic E-state index is 12.2. The van der Waals surface area contributed by atoms with E-state index in [9.17, 15) is 9.59 Å². The fourth-order valence-electron chi connectivity index (χ4n) is 2.41. The van der Waals surface area contributed by atoms with E-state index in [1.807, 2.05) is 43.6 Å². The second-order valence-corrected chi connectivity index (χ2v) is 7.22. The monoisotopic (exact) mass is 381 g/mol. The van der Waals surface area contributed by atoms with Gasteiger partial charge in [-0.1, -0.05) is 0 Å². The summed E-state index contributed by atoms with van der Waals surface area (Å²) in [5.74, 6) is 0.0568. The molecule has 6 nitrogen and oxygen atoms in total. The van der Waals surface area contributed by atoms with Gasteiger partial charge < -0.3 is 9.64 Å². The largest absolute Gasteiger partial charge is 0.444 e. The zero-order valence-electron chi connectivity index (χ0n) is 11.5. The van der Waals surface area contributed by atoms with Gasteiger partial charge in [0, 0.05) is 19.6 Å². The second-order valence-electron chi connectivity index (χ2n) is 6.05. The summed E-state index contributed by atoms with van der Waals surface area (Å²) in [6.45, 7) is 7.83. The number of hydrogen-bond acceptors (Lipinski definition) is 4. The van der Waals surface area contributed by atoms with Gasteiger partial charge in [-0.25, -0.2) is 4.79 Å². The molecule has 2 aliphatic rings. The topological polar surface area (TPSA) is 61.9 Å². The highest BCUT2D eigenvalue weighted by Crippen LogP contribution is 2.29. The summed E-state index contributed by atoms with van der Waals surface area (Å²) in [7, 11) is 0. The zero-order valence-corrected chi connectivity index (χ0v) is 13.7. The molecule has 0 aromatic carbocycles. The summed E-state index contributed by atoms with van der Waals surface area (Å²) < 4.78 is 7.06. The van der Waals surface area contributed by atoms with Gasteiger partial charge in [-0.2, -0.15) is 0 Å². The lowest BCUT2D eigenvalue weighted by molar-refractivity contribution is -0.129. The highest BCUT2D eigenvalue weighted by molar-refractivity contribution is 14.1. The summed E-state index contributed by atoms with van der Waals surface area (Å²) in [6, 6.07) is 0. The Hall–Kier alpha value is -0.570. The molecule has 2 fully saturated rings. The van der Waals surface area contributed by atoms with Crippen LogP contribution in [0.3, 0.4) is 0 Å². The molecule has 2 rings (SSSR count). The van der Waals surface area contributed by atoms with Crippen molar-refractivity contribution >= 4 is 34.9 Å². The van der Waals surface area contributed by atoms with E-state index in [1.165, 1.54) is 0 Å². The van der Waals surface area contributed by atoms with Crippen LogP contribution in [-0.4, -0.2) is 57.3 Å². The van der Waals surface area contributed by atoms with Crippen LogP contribution in [0.2, 0.25) is 0 Å². The quantitative estimate of drug-likeness (QED) is 0.505. The number of nitrogens with zero attached hydrogens (tertiary/aromatic N) is 2. The molecule has 0 aromatic heterocycles. The van der Waals surface area contributed by atoms with Crippen molar-refractivity contribution in [3.05, 3.63) is 0 Å². The number of hydrogen-bond donors (Lipinski definition) is 1. The van der Waals surface area contributed by atoms with E-state index in [4.69, 9.17) is 4.74 Å². The third kappa shape index (κ3) is 3.13. The van der Waals surface area contributed by atoms with Crippen LogP contribution >= 0.6 is 22.9 Å². The molecular weight excluding hydrogens is 361 g/mol. The summed E-state index contributed by atoms with van der Waals surface area (Å²) >= 11 is 2.03.